The lowest BCUT2D eigenvalue weighted by Gasteiger charge is -1.95. The van der Waals surface area contributed by atoms with Crippen LogP contribution in [-0.4, -0.2) is 18.2 Å². The fourth-order valence-electron chi connectivity index (χ4n) is 0.283. The van der Waals surface area contributed by atoms with E-state index >= 15 is 0 Å². The number of ether oxygens (including phenoxy) is 1. The highest BCUT2D eigenvalue weighted by atomic mass is 35.5. The fourth-order valence-corrected chi connectivity index (χ4v) is 0.416. The predicted octanol–water partition coefficient (Wildman–Crippen LogP) is 1.78. The van der Waals surface area contributed by atoms with Crippen molar-refractivity contribution in [2.24, 2.45) is 4.99 Å². The fraction of sp³-hybridized carbons (Fsp3) is 0.333. The smallest absolute Gasteiger partial charge is 0.244 e. The van der Waals surface area contributed by atoms with Crippen molar-refractivity contribution in [3.8, 4) is 0 Å². The van der Waals surface area contributed by atoms with Crippen molar-refractivity contribution in [1.29, 1.82) is 5.41 Å². The zero-order chi connectivity index (χ0) is 7.98. The summed E-state index contributed by atoms with van der Waals surface area (Å²) in [4.78, 5) is 3.67. The summed E-state index contributed by atoms with van der Waals surface area (Å²) >= 11 is 5.46. The van der Waals surface area contributed by atoms with Gasteiger partial charge in [0.1, 0.15) is 0 Å². The van der Waals surface area contributed by atoms with Crippen LogP contribution < -0.4 is 0 Å². The number of nitrogens with zero attached hydrogens (tertiary/aromatic N) is 1. The maximum Gasteiger partial charge on any atom is 0.244 e. The molecular weight excluding hydrogens is 152 g/mol. The molecule has 0 saturated heterocycles. The topological polar surface area (TPSA) is 45.4 Å². The summed E-state index contributed by atoms with van der Waals surface area (Å²) in [5.41, 5.74) is 0. The van der Waals surface area contributed by atoms with Gasteiger partial charge in [-0.05, 0) is 6.92 Å². The summed E-state index contributed by atoms with van der Waals surface area (Å²) in [6.07, 6.45) is 3.21. The molecule has 0 saturated carbocycles. The van der Waals surface area contributed by atoms with E-state index in [1.807, 2.05) is 6.92 Å². The summed E-state index contributed by atoms with van der Waals surface area (Å²) < 4.78 is 4.50. The van der Waals surface area contributed by atoms with Crippen molar-refractivity contribution >= 4 is 22.7 Å². The summed E-state index contributed by atoms with van der Waals surface area (Å²) in [5, 5.41) is 7.06. The average molecular weight is 161 g/mol. The molecular formula is C6H9ClN2O. The number of rotatable bonds is 2. The molecule has 0 aliphatic heterocycles. The SMILES string of the molecule is C/C=C\N=C(Cl)C(=N)OC. The minimum atomic E-state index is -0.125. The van der Waals surface area contributed by atoms with E-state index in [1.54, 1.807) is 6.08 Å². The first-order valence-corrected chi connectivity index (χ1v) is 3.07. The maximum absolute atomic E-state index is 7.00. The highest BCUT2D eigenvalue weighted by molar-refractivity contribution is 6.82. The number of aliphatic imine (C=N–C) groups is 1. The number of halogens is 1. The van der Waals surface area contributed by atoms with Crippen molar-refractivity contribution in [1.82, 2.24) is 0 Å². The third-order valence-corrected chi connectivity index (χ3v) is 0.998. The molecule has 0 aliphatic rings. The van der Waals surface area contributed by atoms with Crippen LogP contribution in [-0.2, 0) is 4.74 Å². The number of hydrogen-bond acceptors (Lipinski definition) is 3. The zero-order valence-corrected chi connectivity index (χ0v) is 6.64. The van der Waals surface area contributed by atoms with Gasteiger partial charge in [0.15, 0.2) is 5.17 Å². The molecule has 0 fully saturated rings. The lowest BCUT2D eigenvalue weighted by molar-refractivity contribution is 0.408. The Bertz CT molecular complexity index is 175. The number of methoxy groups -OCH3 is 1. The van der Waals surface area contributed by atoms with Gasteiger partial charge in [0, 0.05) is 6.20 Å². The second-order valence-electron chi connectivity index (χ2n) is 1.44. The molecule has 0 aromatic rings. The summed E-state index contributed by atoms with van der Waals surface area (Å²) in [7, 11) is 1.37. The van der Waals surface area contributed by atoms with Gasteiger partial charge < -0.3 is 4.74 Å². The van der Waals surface area contributed by atoms with Crippen molar-refractivity contribution in [2.75, 3.05) is 7.11 Å². The van der Waals surface area contributed by atoms with E-state index in [0.717, 1.165) is 0 Å². The Morgan fingerprint density at radius 3 is 2.70 bits per heavy atom. The molecule has 1 N–H and O–H groups in total. The zero-order valence-electron chi connectivity index (χ0n) is 5.89. The van der Waals surface area contributed by atoms with Gasteiger partial charge in [-0.1, -0.05) is 17.7 Å². The summed E-state index contributed by atoms with van der Waals surface area (Å²) in [6.45, 7) is 1.81. The van der Waals surface area contributed by atoms with Crippen LogP contribution in [0.4, 0.5) is 0 Å². The van der Waals surface area contributed by atoms with E-state index in [1.165, 1.54) is 13.3 Å². The van der Waals surface area contributed by atoms with E-state index in [2.05, 4.69) is 9.73 Å². The molecule has 10 heavy (non-hydrogen) atoms. The molecule has 0 rings (SSSR count). The van der Waals surface area contributed by atoms with Crippen LogP contribution in [0.5, 0.6) is 0 Å². The first kappa shape index (κ1) is 9.17. The lowest BCUT2D eigenvalue weighted by Crippen LogP contribution is -2.07. The number of nitrogens with one attached hydrogen (secondary N) is 1. The predicted molar refractivity (Wildman–Crippen MR) is 42.8 cm³/mol. The second-order valence-corrected chi connectivity index (χ2v) is 1.79. The molecule has 0 aliphatic carbocycles. The lowest BCUT2D eigenvalue weighted by atomic mass is 10.7. The molecule has 0 bridgehead atoms. The van der Waals surface area contributed by atoms with Gasteiger partial charge in [0.2, 0.25) is 5.90 Å². The third kappa shape index (κ3) is 3.25. The molecule has 0 radical (unpaired) electrons. The van der Waals surface area contributed by atoms with Crippen LogP contribution in [0.15, 0.2) is 17.3 Å². The number of allylic oxidation sites excluding steroid dienone is 1. The summed E-state index contributed by atoms with van der Waals surface area (Å²) in [5.74, 6) is -0.125. The summed E-state index contributed by atoms with van der Waals surface area (Å²) in [6, 6.07) is 0. The maximum atomic E-state index is 7.00. The minimum absolute atomic E-state index is 0.0561. The number of hydrogen-bond donors (Lipinski definition) is 1. The molecule has 56 valence electrons. The third-order valence-electron chi connectivity index (χ3n) is 0.728. The van der Waals surface area contributed by atoms with E-state index in [0.29, 0.717) is 0 Å². The van der Waals surface area contributed by atoms with Gasteiger partial charge in [-0.25, -0.2) is 4.99 Å². The van der Waals surface area contributed by atoms with Gasteiger partial charge in [0.05, 0.1) is 7.11 Å². The first-order chi connectivity index (χ1) is 4.72. The van der Waals surface area contributed by atoms with Crippen molar-refractivity contribution < 1.29 is 4.74 Å². The van der Waals surface area contributed by atoms with Gasteiger partial charge in [-0.3, -0.25) is 5.41 Å². The van der Waals surface area contributed by atoms with Crippen LogP contribution >= 0.6 is 11.6 Å². The van der Waals surface area contributed by atoms with E-state index in [-0.39, 0.29) is 11.1 Å². The highest BCUT2D eigenvalue weighted by Crippen LogP contribution is 1.90. The standard InChI is InChI=1S/C6H9ClN2O/c1-3-4-9-5(7)6(8)10-2/h3-4,8H,1-2H3/b4-3-,8-6?,9-5?. The molecule has 0 heterocycles. The largest absolute Gasteiger partial charge is 0.479 e. The van der Waals surface area contributed by atoms with E-state index in [9.17, 15) is 0 Å². The Morgan fingerprint density at radius 2 is 2.30 bits per heavy atom. The monoisotopic (exact) mass is 160 g/mol. The van der Waals surface area contributed by atoms with E-state index in [4.69, 9.17) is 17.0 Å². The van der Waals surface area contributed by atoms with Crippen LogP contribution in [0.2, 0.25) is 0 Å². The molecule has 3 nitrogen and oxygen atoms in total. The molecule has 0 amide bonds. The Balaban J connectivity index is 4.05. The second kappa shape index (κ2) is 4.99. The van der Waals surface area contributed by atoms with Crippen LogP contribution in [0.3, 0.4) is 0 Å². The average Bonchev–Trinajstić information content (AvgIpc) is 1.98. The Morgan fingerprint density at radius 1 is 1.70 bits per heavy atom. The Hall–Kier alpha value is -0.830. The van der Waals surface area contributed by atoms with Gasteiger partial charge >= 0.3 is 0 Å². The highest BCUT2D eigenvalue weighted by Gasteiger charge is 1.99. The van der Waals surface area contributed by atoms with E-state index < -0.39 is 0 Å². The van der Waals surface area contributed by atoms with Crippen molar-refractivity contribution in [2.45, 2.75) is 6.92 Å². The molecule has 0 spiro atoms. The van der Waals surface area contributed by atoms with Crippen molar-refractivity contribution in [3.63, 3.8) is 0 Å². The van der Waals surface area contributed by atoms with Gasteiger partial charge in [0.25, 0.3) is 0 Å². The first-order valence-electron chi connectivity index (χ1n) is 2.69. The molecule has 4 heteroatoms. The van der Waals surface area contributed by atoms with Crippen LogP contribution in [0, 0.1) is 5.41 Å². The minimum Gasteiger partial charge on any atom is -0.479 e. The van der Waals surface area contributed by atoms with Crippen LogP contribution in [0.1, 0.15) is 6.92 Å². The molecule has 0 aromatic heterocycles. The van der Waals surface area contributed by atoms with Crippen molar-refractivity contribution in [3.05, 3.63) is 12.3 Å². The molecule has 0 unspecified atom stereocenters. The quantitative estimate of drug-likeness (QED) is 0.486. The Kier molecular flexibility index (Phi) is 4.58. The molecule has 0 atom stereocenters. The normalized spacial score (nSPS) is 12.1. The van der Waals surface area contributed by atoms with Gasteiger partial charge in [-0.15, -0.1) is 0 Å². The molecule has 0 aromatic carbocycles. The Labute approximate surface area is 64.9 Å². The van der Waals surface area contributed by atoms with Gasteiger partial charge in [-0.2, -0.15) is 0 Å². The van der Waals surface area contributed by atoms with Crippen LogP contribution in [0.25, 0.3) is 0 Å².